The van der Waals surface area contributed by atoms with Crippen molar-refractivity contribution in [3.63, 3.8) is 0 Å². The molecular weight excluding hydrogens is 236 g/mol. The van der Waals surface area contributed by atoms with Crippen molar-refractivity contribution >= 4 is 8.32 Å². The molecule has 0 aliphatic rings. The maximum absolute atomic E-state index is 6.06. The maximum Gasteiger partial charge on any atom is 0.185 e. The summed E-state index contributed by atoms with van der Waals surface area (Å²) in [7, 11) is -1.55. The van der Waals surface area contributed by atoms with Crippen LogP contribution in [-0.4, -0.2) is 13.9 Å². The van der Waals surface area contributed by atoms with Crippen LogP contribution in [0.2, 0.25) is 19.6 Å². The highest BCUT2D eigenvalue weighted by Crippen LogP contribution is 2.16. The minimum atomic E-state index is -1.55. The summed E-state index contributed by atoms with van der Waals surface area (Å²) in [5.74, 6) is 6.44. The highest BCUT2D eigenvalue weighted by atomic mass is 28.4. The summed E-state index contributed by atoms with van der Waals surface area (Å²) in [6, 6.07) is 8.43. The van der Waals surface area contributed by atoms with Crippen LogP contribution < -0.4 is 0 Å². The first-order valence-electron chi connectivity index (χ1n) is 6.54. The zero-order chi connectivity index (χ0) is 13.8. The molecule has 1 rings (SSSR count). The molecule has 0 saturated heterocycles. The molecule has 0 bridgehead atoms. The van der Waals surface area contributed by atoms with Crippen LogP contribution in [0, 0.1) is 11.8 Å². The van der Waals surface area contributed by atoms with Gasteiger partial charge in [-0.05, 0) is 57.6 Å². The number of rotatable bonds is 3. The van der Waals surface area contributed by atoms with Gasteiger partial charge < -0.3 is 4.43 Å². The van der Waals surface area contributed by atoms with E-state index < -0.39 is 8.32 Å². The summed E-state index contributed by atoms with van der Waals surface area (Å²) < 4.78 is 6.06. The van der Waals surface area contributed by atoms with Gasteiger partial charge in [0.05, 0.1) is 0 Å². The van der Waals surface area contributed by atoms with Gasteiger partial charge in [-0.2, -0.15) is 0 Å². The molecule has 0 heterocycles. The van der Waals surface area contributed by atoms with Crippen LogP contribution in [0.25, 0.3) is 0 Å². The molecule has 0 aliphatic heterocycles. The molecule has 0 fully saturated rings. The third kappa shape index (κ3) is 5.53. The van der Waals surface area contributed by atoms with Crippen molar-refractivity contribution in [1.82, 2.24) is 0 Å². The summed E-state index contributed by atoms with van der Waals surface area (Å²) >= 11 is 0. The first-order valence-corrected chi connectivity index (χ1v) is 9.95. The lowest BCUT2D eigenvalue weighted by Crippen LogP contribution is -2.37. The van der Waals surface area contributed by atoms with Gasteiger partial charge in [-0.3, -0.25) is 0 Å². The Hall–Kier alpha value is -1.04. The Bertz CT molecular complexity index is 441. The molecule has 0 spiro atoms. The molecule has 0 N–H and O–H groups in total. The summed E-state index contributed by atoms with van der Waals surface area (Å²) in [6.45, 7) is 12.8. The van der Waals surface area contributed by atoms with Crippen molar-refractivity contribution in [1.29, 1.82) is 0 Å². The second kappa shape index (κ2) is 5.73. The Balaban J connectivity index is 2.80. The lowest BCUT2D eigenvalue weighted by Gasteiger charge is -2.28. The smallest absolute Gasteiger partial charge is 0.185 e. The van der Waals surface area contributed by atoms with E-state index in [4.69, 9.17) is 4.43 Å². The fourth-order valence-corrected chi connectivity index (χ4v) is 3.42. The first-order chi connectivity index (χ1) is 8.22. The zero-order valence-corrected chi connectivity index (χ0v) is 13.4. The van der Waals surface area contributed by atoms with E-state index in [0.29, 0.717) is 0 Å². The van der Waals surface area contributed by atoms with Crippen molar-refractivity contribution < 1.29 is 4.43 Å². The van der Waals surface area contributed by atoms with Crippen LogP contribution in [0.15, 0.2) is 24.3 Å². The van der Waals surface area contributed by atoms with Crippen molar-refractivity contribution in [2.75, 3.05) is 0 Å². The van der Waals surface area contributed by atoms with E-state index in [1.165, 1.54) is 5.56 Å². The van der Waals surface area contributed by atoms with Crippen molar-refractivity contribution in [3.05, 3.63) is 35.4 Å². The SMILES string of the molecule is CCc1ccc(C#CC(C)(C)O[Si](C)(C)C)cc1. The highest BCUT2D eigenvalue weighted by molar-refractivity contribution is 6.69. The van der Waals surface area contributed by atoms with Gasteiger partial charge in [0.25, 0.3) is 0 Å². The van der Waals surface area contributed by atoms with E-state index in [0.717, 1.165) is 12.0 Å². The summed E-state index contributed by atoms with van der Waals surface area (Å²) in [5.41, 5.74) is 2.03. The summed E-state index contributed by atoms with van der Waals surface area (Å²) in [6.07, 6.45) is 1.07. The largest absolute Gasteiger partial charge is 0.402 e. The standard InChI is InChI=1S/C16H24OSi/c1-7-14-8-10-15(11-9-14)12-13-16(2,3)17-18(4,5)6/h8-11H,7H2,1-6H3. The van der Waals surface area contributed by atoms with E-state index in [1.807, 2.05) is 13.8 Å². The third-order valence-electron chi connectivity index (χ3n) is 2.43. The van der Waals surface area contributed by atoms with Gasteiger partial charge >= 0.3 is 0 Å². The van der Waals surface area contributed by atoms with Gasteiger partial charge in [-0.1, -0.05) is 30.9 Å². The topological polar surface area (TPSA) is 9.23 Å². The van der Waals surface area contributed by atoms with E-state index in [9.17, 15) is 0 Å². The number of aryl methyl sites for hydroxylation is 1. The molecular formula is C16H24OSi. The second-order valence-electron chi connectivity index (χ2n) is 6.03. The molecule has 0 aliphatic carbocycles. The number of hydrogen-bond donors (Lipinski definition) is 0. The zero-order valence-electron chi connectivity index (χ0n) is 12.4. The maximum atomic E-state index is 6.06. The quantitative estimate of drug-likeness (QED) is 0.584. The Morgan fingerprint density at radius 2 is 1.67 bits per heavy atom. The molecule has 1 aromatic rings. The van der Waals surface area contributed by atoms with Crippen LogP contribution in [0.1, 0.15) is 31.9 Å². The third-order valence-corrected chi connectivity index (χ3v) is 3.55. The first kappa shape index (κ1) is 15.0. The van der Waals surface area contributed by atoms with Gasteiger partial charge in [0.2, 0.25) is 0 Å². The van der Waals surface area contributed by atoms with Crippen LogP contribution >= 0.6 is 0 Å². The lowest BCUT2D eigenvalue weighted by molar-refractivity contribution is 0.164. The summed E-state index contributed by atoms with van der Waals surface area (Å²) in [5, 5.41) is 0. The number of benzene rings is 1. The highest BCUT2D eigenvalue weighted by Gasteiger charge is 2.25. The molecule has 0 saturated carbocycles. The lowest BCUT2D eigenvalue weighted by atomic mass is 10.1. The molecule has 0 unspecified atom stereocenters. The Morgan fingerprint density at radius 1 is 1.11 bits per heavy atom. The van der Waals surface area contributed by atoms with Crippen LogP contribution in [-0.2, 0) is 10.8 Å². The van der Waals surface area contributed by atoms with E-state index >= 15 is 0 Å². The fraction of sp³-hybridized carbons (Fsp3) is 0.500. The molecule has 0 atom stereocenters. The predicted octanol–water partition coefficient (Wildman–Crippen LogP) is 4.23. The van der Waals surface area contributed by atoms with E-state index in [1.54, 1.807) is 0 Å². The van der Waals surface area contributed by atoms with Gasteiger partial charge in [0, 0.05) is 5.56 Å². The van der Waals surface area contributed by atoms with Gasteiger partial charge in [-0.25, -0.2) is 0 Å². The molecule has 0 amide bonds. The molecule has 98 valence electrons. The van der Waals surface area contributed by atoms with Crippen molar-refractivity contribution in [2.24, 2.45) is 0 Å². The Morgan fingerprint density at radius 3 is 2.11 bits per heavy atom. The molecule has 1 aromatic carbocycles. The van der Waals surface area contributed by atoms with Gasteiger partial charge in [0.1, 0.15) is 5.60 Å². The van der Waals surface area contributed by atoms with Crippen LogP contribution in [0.4, 0.5) is 0 Å². The average molecular weight is 260 g/mol. The van der Waals surface area contributed by atoms with Gasteiger partial charge in [-0.15, -0.1) is 0 Å². The molecule has 18 heavy (non-hydrogen) atoms. The van der Waals surface area contributed by atoms with Crippen LogP contribution in [0.5, 0.6) is 0 Å². The van der Waals surface area contributed by atoms with Crippen molar-refractivity contribution in [3.8, 4) is 11.8 Å². The van der Waals surface area contributed by atoms with E-state index in [2.05, 4.69) is 62.7 Å². The average Bonchev–Trinajstić information content (AvgIpc) is 2.24. The van der Waals surface area contributed by atoms with Crippen LogP contribution in [0.3, 0.4) is 0 Å². The predicted molar refractivity (Wildman–Crippen MR) is 81.2 cm³/mol. The molecule has 0 radical (unpaired) electrons. The Kier molecular flexibility index (Phi) is 4.78. The van der Waals surface area contributed by atoms with E-state index in [-0.39, 0.29) is 5.60 Å². The minimum absolute atomic E-state index is 0.367. The van der Waals surface area contributed by atoms with Crippen molar-refractivity contribution in [2.45, 2.75) is 52.4 Å². The number of hydrogen-bond acceptors (Lipinski definition) is 1. The summed E-state index contributed by atoms with van der Waals surface area (Å²) in [4.78, 5) is 0. The normalized spacial score (nSPS) is 11.9. The fourth-order valence-electron chi connectivity index (χ4n) is 1.84. The molecule has 0 aromatic heterocycles. The second-order valence-corrected chi connectivity index (χ2v) is 10.5. The molecule has 2 heteroatoms. The monoisotopic (exact) mass is 260 g/mol. The van der Waals surface area contributed by atoms with Gasteiger partial charge in [0.15, 0.2) is 8.32 Å². The molecule has 1 nitrogen and oxygen atoms in total. The minimum Gasteiger partial charge on any atom is -0.402 e. The Labute approximate surface area is 113 Å².